The van der Waals surface area contributed by atoms with Gasteiger partial charge in [-0.3, -0.25) is 9.59 Å². The van der Waals surface area contributed by atoms with E-state index in [9.17, 15) is 9.59 Å². The van der Waals surface area contributed by atoms with E-state index in [1.807, 2.05) is 16.8 Å². The molecule has 0 aromatic carbocycles. The average Bonchev–Trinajstić information content (AvgIpc) is 2.76. The minimum absolute atomic E-state index is 0.322. The van der Waals surface area contributed by atoms with Gasteiger partial charge in [-0.1, -0.05) is 0 Å². The van der Waals surface area contributed by atoms with Crippen LogP contribution in [0.2, 0.25) is 0 Å². The van der Waals surface area contributed by atoms with Crippen molar-refractivity contribution < 1.29 is 19.1 Å². The summed E-state index contributed by atoms with van der Waals surface area (Å²) in [5.41, 5.74) is 0.931. The summed E-state index contributed by atoms with van der Waals surface area (Å²) in [7, 11) is 2.51. The van der Waals surface area contributed by atoms with Crippen LogP contribution in [0.4, 0.5) is 0 Å². The highest BCUT2D eigenvalue weighted by Crippen LogP contribution is 2.14. The highest BCUT2D eigenvalue weighted by Gasteiger charge is 2.28. The van der Waals surface area contributed by atoms with Crippen LogP contribution in [-0.2, 0) is 25.5 Å². The maximum absolute atomic E-state index is 11.3. The summed E-state index contributed by atoms with van der Waals surface area (Å²) >= 11 is 1.52. The van der Waals surface area contributed by atoms with Gasteiger partial charge in [-0.05, 0) is 28.8 Å². The second-order valence-corrected chi connectivity index (χ2v) is 3.71. The average molecular weight is 228 g/mol. The third-order valence-electron chi connectivity index (χ3n) is 1.99. The smallest absolute Gasteiger partial charge is 0.320 e. The molecule has 1 rings (SSSR count). The van der Waals surface area contributed by atoms with Crippen molar-refractivity contribution in [2.24, 2.45) is 5.92 Å². The molecule has 0 amide bonds. The molecule has 0 fully saturated rings. The van der Waals surface area contributed by atoms with Gasteiger partial charge in [0.2, 0.25) is 0 Å². The Morgan fingerprint density at radius 3 is 2.33 bits per heavy atom. The number of thiophene rings is 1. The number of hydrogen-bond donors (Lipinski definition) is 0. The number of methoxy groups -OCH3 is 2. The lowest BCUT2D eigenvalue weighted by Gasteiger charge is -2.10. The minimum atomic E-state index is -0.866. The third-order valence-corrected chi connectivity index (χ3v) is 2.72. The van der Waals surface area contributed by atoms with Gasteiger partial charge in [0.05, 0.1) is 14.2 Å². The lowest BCUT2D eigenvalue weighted by atomic mass is 10.0. The van der Waals surface area contributed by atoms with Crippen LogP contribution in [0.5, 0.6) is 0 Å². The van der Waals surface area contributed by atoms with Crippen LogP contribution in [0.1, 0.15) is 5.56 Å². The molecule has 15 heavy (non-hydrogen) atoms. The summed E-state index contributed by atoms with van der Waals surface area (Å²) in [5.74, 6) is -1.99. The zero-order chi connectivity index (χ0) is 11.3. The van der Waals surface area contributed by atoms with Crippen molar-refractivity contribution in [2.45, 2.75) is 6.42 Å². The van der Waals surface area contributed by atoms with Gasteiger partial charge < -0.3 is 9.47 Å². The lowest BCUT2D eigenvalue weighted by Crippen LogP contribution is -2.28. The number of esters is 2. The maximum atomic E-state index is 11.3. The quantitative estimate of drug-likeness (QED) is 0.575. The molecule has 82 valence electrons. The Morgan fingerprint density at radius 2 is 1.93 bits per heavy atom. The second-order valence-electron chi connectivity index (χ2n) is 2.93. The van der Waals surface area contributed by atoms with Crippen LogP contribution in [0.15, 0.2) is 16.8 Å². The molecule has 0 bridgehead atoms. The molecule has 5 heteroatoms. The van der Waals surface area contributed by atoms with Gasteiger partial charge in [0.1, 0.15) is 0 Å². The molecule has 0 N–H and O–H groups in total. The standard InChI is InChI=1S/C10H12O4S/c1-13-9(11)8(10(12)14-2)5-7-3-4-15-6-7/h3-4,6,8H,5H2,1-2H3. The van der Waals surface area contributed by atoms with Crippen molar-refractivity contribution >= 4 is 23.3 Å². The number of rotatable bonds is 4. The predicted octanol–water partition coefficient (Wildman–Crippen LogP) is 1.25. The van der Waals surface area contributed by atoms with Crippen molar-refractivity contribution in [3.05, 3.63) is 22.4 Å². The zero-order valence-corrected chi connectivity index (χ0v) is 9.37. The van der Waals surface area contributed by atoms with Gasteiger partial charge in [-0.15, -0.1) is 0 Å². The van der Waals surface area contributed by atoms with Crippen LogP contribution in [0, 0.1) is 5.92 Å². The van der Waals surface area contributed by atoms with Gasteiger partial charge in [0, 0.05) is 0 Å². The number of hydrogen-bond acceptors (Lipinski definition) is 5. The van der Waals surface area contributed by atoms with Crippen LogP contribution in [0.3, 0.4) is 0 Å². The second kappa shape index (κ2) is 5.50. The van der Waals surface area contributed by atoms with Crippen molar-refractivity contribution in [1.29, 1.82) is 0 Å². The fourth-order valence-corrected chi connectivity index (χ4v) is 1.87. The molecule has 0 saturated carbocycles. The van der Waals surface area contributed by atoms with Gasteiger partial charge in [0.25, 0.3) is 0 Å². The zero-order valence-electron chi connectivity index (χ0n) is 8.56. The molecule has 0 atom stereocenters. The van der Waals surface area contributed by atoms with Crippen molar-refractivity contribution in [3.63, 3.8) is 0 Å². The molecule has 1 aromatic heterocycles. The molecule has 0 unspecified atom stereocenters. The topological polar surface area (TPSA) is 52.6 Å². The Labute approximate surface area is 91.8 Å². The fraction of sp³-hybridized carbons (Fsp3) is 0.400. The van der Waals surface area contributed by atoms with E-state index in [1.54, 1.807) is 0 Å². The first-order valence-corrected chi connectivity index (χ1v) is 5.30. The molecule has 0 spiro atoms. The largest absolute Gasteiger partial charge is 0.468 e. The van der Waals surface area contributed by atoms with E-state index in [4.69, 9.17) is 0 Å². The molecule has 0 aliphatic heterocycles. The highest BCUT2D eigenvalue weighted by atomic mass is 32.1. The van der Waals surface area contributed by atoms with Crippen molar-refractivity contribution in [2.75, 3.05) is 14.2 Å². The van der Waals surface area contributed by atoms with E-state index in [1.165, 1.54) is 25.6 Å². The summed E-state index contributed by atoms with van der Waals surface area (Å²) in [6.45, 7) is 0. The van der Waals surface area contributed by atoms with Gasteiger partial charge in [-0.2, -0.15) is 11.3 Å². The molecular weight excluding hydrogens is 216 g/mol. The summed E-state index contributed by atoms with van der Waals surface area (Å²) < 4.78 is 9.10. The first kappa shape index (κ1) is 11.7. The Hall–Kier alpha value is -1.36. The molecule has 0 saturated heterocycles. The van der Waals surface area contributed by atoms with E-state index >= 15 is 0 Å². The Kier molecular flexibility index (Phi) is 4.30. The summed E-state index contributed by atoms with van der Waals surface area (Å²) in [6.07, 6.45) is 0.322. The molecular formula is C10H12O4S. The molecule has 0 radical (unpaired) electrons. The van der Waals surface area contributed by atoms with Gasteiger partial charge >= 0.3 is 11.9 Å². The number of carbonyl (C=O) groups excluding carboxylic acids is 2. The highest BCUT2D eigenvalue weighted by molar-refractivity contribution is 7.07. The van der Waals surface area contributed by atoms with Crippen LogP contribution in [0.25, 0.3) is 0 Å². The lowest BCUT2D eigenvalue weighted by molar-refractivity contribution is -0.158. The van der Waals surface area contributed by atoms with E-state index in [0.717, 1.165) is 5.56 Å². The summed E-state index contributed by atoms with van der Waals surface area (Å²) in [4.78, 5) is 22.6. The van der Waals surface area contributed by atoms with Gasteiger partial charge in [-0.25, -0.2) is 0 Å². The monoisotopic (exact) mass is 228 g/mol. The van der Waals surface area contributed by atoms with Crippen LogP contribution >= 0.6 is 11.3 Å². The molecule has 1 heterocycles. The van der Waals surface area contributed by atoms with Crippen molar-refractivity contribution in [1.82, 2.24) is 0 Å². The Balaban J connectivity index is 2.73. The van der Waals surface area contributed by atoms with E-state index in [2.05, 4.69) is 9.47 Å². The number of ether oxygens (including phenoxy) is 2. The van der Waals surface area contributed by atoms with E-state index < -0.39 is 17.9 Å². The Morgan fingerprint density at radius 1 is 1.33 bits per heavy atom. The van der Waals surface area contributed by atoms with Gasteiger partial charge in [0.15, 0.2) is 5.92 Å². The first-order valence-electron chi connectivity index (χ1n) is 4.35. The summed E-state index contributed by atoms with van der Waals surface area (Å²) in [6, 6.07) is 1.86. The SMILES string of the molecule is COC(=O)C(Cc1ccsc1)C(=O)OC. The van der Waals surface area contributed by atoms with Crippen LogP contribution in [-0.4, -0.2) is 26.2 Å². The Bertz CT molecular complexity index is 315. The summed E-state index contributed by atoms with van der Waals surface area (Å²) in [5, 5.41) is 3.78. The molecule has 4 nitrogen and oxygen atoms in total. The van der Waals surface area contributed by atoms with Crippen LogP contribution < -0.4 is 0 Å². The van der Waals surface area contributed by atoms with Crippen molar-refractivity contribution in [3.8, 4) is 0 Å². The molecule has 0 aliphatic carbocycles. The first-order chi connectivity index (χ1) is 7.19. The predicted molar refractivity (Wildman–Crippen MR) is 55.5 cm³/mol. The third kappa shape index (κ3) is 3.06. The molecule has 1 aromatic rings. The fourth-order valence-electron chi connectivity index (χ4n) is 1.19. The number of carbonyl (C=O) groups is 2. The maximum Gasteiger partial charge on any atom is 0.320 e. The molecule has 0 aliphatic rings. The minimum Gasteiger partial charge on any atom is -0.468 e. The normalized spacial score (nSPS) is 10.1. The van der Waals surface area contributed by atoms with E-state index in [0.29, 0.717) is 6.42 Å². The van der Waals surface area contributed by atoms with E-state index in [-0.39, 0.29) is 0 Å².